The molecule has 0 aliphatic carbocycles. The Morgan fingerprint density at radius 1 is 1.30 bits per heavy atom. The van der Waals surface area contributed by atoms with Crippen molar-refractivity contribution in [1.29, 1.82) is 0 Å². The summed E-state index contributed by atoms with van der Waals surface area (Å²) in [4.78, 5) is 1.21. The topological polar surface area (TPSA) is 9.23 Å². The maximum Gasteiger partial charge on any atom is 0.187 e. The Morgan fingerprint density at radius 3 is 2.60 bits per heavy atom. The number of hydrogen-bond donors (Lipinski definition) is 0. The lowest BCUT2D eigenvalue weighted by atomic mass is 10.4. The van der Waals surface area contributed by atoms with Gasteiger partial charge in [-0.05, 0) is 19.1 Å². The van der Waals surface area contributed by atoms with Crippen LogP contribution in [0.3, 0.4) is 0 Å². The van der Waals surface area contributed by atoms with E-state index in [1.54, 1.807) is 0 Å². The Labute approximate surface area is 65.6 Å². The summed E-state index contributed by atoms with van der Waals surface area (Å²) in [5, 5.41) is 0. The van der Waals surface area contributed by atoms with Crippen molar-refractivity contribution in [2.45, 2.75) is 11.8 Å². The monoisotopic (exact) mass is 155 g/mol. The number of hydrogen-bond acceptors (Lipinski definition) is 1. The third kappa shape index (κ3) is 2.42. The normalized spacial score (nSPS) is 9.70. The highest BCUT2D eigenvalue weighted by Crippen LogP contribution is 2.01. The van der Waals surface area contributed by atoms with Crippen LogP contribution in [0.25, 0.3) is 0 Å². The first kappa shape index (κ1) is 7.63. The van der Waals surface area contributed by atoms with Gasteiger partial charge in [-0.2, -0.15) is 4.18 Å². The van der Waals surface area contributed by atoms with Gasteiger partial charge in [-0.25, -0.2) is 0 Å². The molecule has 0 saturated heterocycles. The predicted octanol–water partition coefficient (Wildman–Crippen LogP) is 1.81. The van der Waals surface area contributed by atoms with Crippen molar-refractivity contribution in [3.63, 3.8) is 0 Å². The average molecular weight is 155 g/mol. The van der Waals surface area contributed by atoms with Gasteiger partial charge in [0.05, 0.1) is 0 Å². The van der Waals surface area contributed by atoms with Crippen molar-refractivity contribution in [2.24, 2.45) is 0 Å². The minimum atomic E-state index is 0.774. The van der Waals surface area contributed by atoms with Crippen molar-refractivity contribution in [2.75, 3.05) is 6.61 Å². The summed E-state index contributed by atoms with van der Waals surface area (Å²) in [5.41, 5.74) is 0. The summed E-state index contributed by atoms with van der Waals surface area (Å²) in [5.74, 6) is 0. The third-order valence-electron chi connectivity index (χ3n) is 1.06. The minimum Gasteiger partial charge on any atom is -0.170 e. The van der Waals surface area contributed by atoms with Crippen molar-refractivity contribution >= 4 is 12.0 Å². The summed E-state index contributed by atoms with van der Waals surface area (Å²) in [6.07, 6.45) is 0. The molecular formula is C8H11OS+. The van der Waals surface area contributed by atoms with Gasteiger partial charge in [0, 0.05) is 0 Å². The smallest absolute Gasteiger partial charge is 0.170 e. The molecule has 1 aromatic rings. The van der Waals surface area contributed by atoms with Gasteiger partial charge in [0.15, 0.2) is 16.9 Å². The van der Waals surface area contributed by atoms with E-state index in [2.05, 4.69) is 12.1 Å². The summed E-state index contributed by atoms with van der Waals surface area (Å²) < 4.78 is 5.19. The lowest BCUT2D eigenvalue weighted by molar-refractivity contribution is 0.398. The zero-order valence-corrected chi connectivity index (χ0v) is 6.84. The lowest BCUT2D eigenvalue weighted by Crippen LogP contribution is -1.87. The van der Waals surface area contributed by atoms with Crippen molar-refractivity contribution in [1.82, 2.24) is 0 Å². The summed E-state index contributed by atoms with van der Waals surface area (Å²) in [6, 6.07) is 10.1. The fourth-order valence-corrected chi connectivity index (χ4v) is 1.20. The zero-order valence-electron chi connectivity index (χ0n) is 5.95. The lowest BCUT2D eigenvalue weighted by Gasteiger charge is -1.86. The van der Waals surface area contributed by atoms with E-state index in [9.17, 15) is 0 Å². The molecule has 10 heavy (non-hydrogen) atoms. The fourth-order valence-electron chi connectivity index (χ4n) is 0.628. The first-order chi connectivity index (χ1) is 4.93. The van der Waals surface area contributed by atoms with Gasteiger partial charge in [0.1, 0.15) is 6.61 Å². The molecule has 0 aliphatic heterocycles. The maximum atomic E-state index is 5.19. The highest BCUT2D eigenvalue weighted by Gasteiger charge is 1.98. The number of rotatable bonds is 3. The van der Waals surface area contributed by atoms with Crippen LogP contribution in [-0.4, -0.2) is 6.61 Å². The molecule has 2 heteroatoms. The van der Waals surface area contributed by atoms with Crippen molar-refractivity contribution < 1.29 is 4.18 Å². The second-order valence-electron chi connectivity index (χ2n) is 1.84. The van der Waals surface area contributed by atoms with E-state index in [-0.39, 0.29) is 0 Å². The van der Waals surface area contributed by atoms with E-state index in [1.807, 2.05) is 25.1 Å². The molecule has 0 saturated carbocycles. The quantitative estimate of drug-likeness (QED) is 0.478. The molecule has 0 N–H and O–H groups in total. The van der Waals surface area contributed by atoms with Crippen LogP contribution in [0.4, 0.5) is 0 Å². The first-order valence-corrected chi connectivity index (χ1v) is 4.13. The third-order valence-corrected chi connectivity index (χ3v) is 1.95. The van der Waals surface area contributed by atoms with Gasteiger partial charge < -0.3 is 0 Å². The van der Waals surface area contributed by atoms with Gasteiger partial charge in [-0.15, -0.1) is 0 Å². The fraction of sp³-hybridized carbons (Fsp3) is 0.250. The largest absolute Gasteiger partial charge is 0.187 e. The van der Waals surface area contributed by atoms with Gasteiger partial charge in [0.25, 0.3) is 0 Å². The molecule has 0 amide bonds. The molecule has 0 bridgehead atoms. The molecular weight excluding hydrogens is 144 g/mol. The summed E-state index contributed by atoms with van der Waals surface area (Å²) in [6.45, 7) is 2.77. The second kappa shape index (κ2) is 4.36. The maximum absolute atomic E-state index is 5.19. The Bertz CT molecular complexity index is 174. The molecule has 0 heterocycles. The molecule has 1 rings (SSSR count). The van der Waals surface area contributed by atoms with Crippen LogP contribution in [0, 0.1) is 0 Å². The SMILES string of the molecule is CCO[SH+]c1ccccc1. The minimum absolute atomic E-state index is 0.774. The van der Waals surface area contributed by atoms with E-state index in [0.717, 1.165) is 18.6 Å². The van der Waals surface area contributed by atoms with E-state index in [1.165, 1.54) is 4.90 Å². The molecule has 0 unspecified atom stereocenters. The van der Waals surface area contributed by atoms with E-state index in [4.69, 9.17) is 4.18 Å². The Kier molecular flexibility index (Phi) is 3.33. The molecule has 1 nitrogen and oxygen atoms in total. The average Bonchev–Trinajstić information content (AvgIpc) is 2.03. The van der Waals surface area contributed by atoms with Crippen molar-refractivity contribution in [3.8, 4) is 0 Å². The zero-order chi connectivity index (χ0) is 7.23. The van der Waals surface area contributed by atoms with Crippen LogP contribution in [0.5, 0.6) is 0 Å². The summed E-state index contributed by atoms with van der Waals surface area (Å²) >= 11 is 0.962. The van der Waals surface area contributed by atoms with Crippen LogP contribution < -0.4 is 0 Å². The number of thiol groups is 1. The Morgan fingerprint density at radius 2 is 2.00 bits per heavy atom. The first-order valence-electron chi connectivity index (χ1n) is 3.31. The Hall–Kier alpha value is -0.470. The number of benzene rings is 1. The highest BCUT2D eigenvalue weighted by atomic mass is 32.2. The standard InChI is InChI=1S/C8H10OS/c1-2-9-10-8-6-4-3-5-7-8/h3-7H,2H2,1H3/p+1. The van der Waals surface area contributed by atoms with Gasteiger partial charge in [-0.1, -0.05) is 18.2 Å². The van der Waals surface area contributed by atoms with Gasteiger partial charge in [-0.3, -0.25) is 0 Å². The van der Waals surface area contributed by atoms with Crippen LogP contribution in [0.1, 0.15) is 6.92 Å². The summed E-state index contributed by atoms with van der Waals surface area (Å²) in [7, 11) is 0. The van der Waals surface area contributed by atoms with Gasteiger partial charge >= 0.3 is 0 Å². The van der Waals surface area contributed by atoms with Crippen LogP contribution in [0.2, 0.25) is 0 Å². The molecule has 1 aromatic carbocycles. The van der Waals surface area contributed by atoms with Crippen LogP contribution in [-0.2, 0) is 16.2 Å². The molecule has 0 aromatic heterocycles. The van der Waals surface area contributed by atoms with E-state index < -0.39 is 0 Å². The van der Waals surface area contributed by atoms with Crippen LogP contribution >= 0.6 is 0 Å². The molecule has 0 spiro atoms. The molecule has 54 valence electrons. The van der Waals surface area contributed by atoms with E-state index >= 15 is 0 Å². The van der Waals surface area contributed by atoms with Crippen LogP contribution in [0.15, 0.2) is 35.2 Å². The van der Waals surface area contributed by atoms with Gasteiger partial charge in [0.2, 0.25) is 0 Å². The molecule has 0 atom stereocenters. The Balaban J connectivity index is 2.43. The second-order valence-corrected chi connectivity index (χ2v) is 2.80. The molecule has 0 radical (unpaired) electrons. The highest BCUT2D eigenvalue weighted by molar-refractivity contribution is 7.73. The predicted molar refractivity (Wildman–Crippen MR) is 45.1 cm³/mol. The molecule has 0 fully saturated rings. The van der Waals surface area contributed by atoms with Crippen molar-refractivity contribution in [3.05, 3.63) is 30.3 Å². The van der Waals surface area contributed by atoms with E-state index in [0.29, 0.717) is 0 Å². The molecule has 0 aliphatic rings.